The lowest BCUT2D eigenvalue weighted by molar-refractivity contribution is -0.135. The molecule has 2 aromatic carbocycles. The maximum Gasteiger partial charge on any atom is 0.307 e. The third-order valence-electron chi connectivity index (χ3n) is 5.62. The molecule has 1 saturated heterocycles. The highest BCUT2D eigenvalue weighted by Gasteiger charge is 2.19. The van der Waals surface area contributed by atoms with E-state index in [2.05, 4.69) is 42.4 Å². The second kappa shape index (κ2) is 9.73. The van der Waals surface area contributed by atoms with Crippen molar-refractivity contribution in [2.45, 2.75) is 6.54 Å². The van der Waals surface area contributed by atoms with Gasteiger partial charge in [-0.1, -0.05) is 34.1 Å². The minimum atomic E-state index is -0.457. The minimum Gasteiger partial charge on any atom is -0.450 e. The van der Waals surface area contributed by atoms with Gasteiger partial charge in [-0.05, 0) is 40.2 Å². The fraction of sp³-hybridized carbons (Fsp3) is 0.208. The molecule has 174 valence electrons. The van der Waals surface area contributed by atoms with Gasteiger partial charge in [-0.3, -0.25) is 9.59 Å². The number of aromatic nitrogens is 1. The van der Waals surface area contributed by atoms with Gasteiger partial charge in [-0.2, -0.15) is 5.10 Å². The lowest BCUT2D eigenvalue weighted by atomic mass is 10.2. The Hall–Kier alpha value is -2.95. The molecule has 1 fully saturated rings. The van der Waals surface area contributed by atoms with Crippen molar-refractivity contribution in [3.05, 3.63) is 68.9 Å². The van der Waals surface area contributed by atoms with Gasteiger partial charge < -0.3 is 18.6 Å². The first kappa shape index (κ1) is 22.8. The van der Waals surface area contributed by atoms with Crippen LogP contribution >= 0.6 is 31.9 Å². The van der Waals surface area contributed by atoms with Crippen LogP contribution in [0.2, 0.25) is 0 Å². The van der Waals surface area contributed by atoms with Crippen LogP contribution < -0.4 is 5.43 Å². The van der Waals surface area contributed by atoms with E-state index >= 15 is 0 Å². The van der Waals surface area contributed by atoms with E-state index in [0.29, 0.717) is 31.9 Å². The standard InChI is InChI=1S/C24H20Br2N4O4/c25-17-9-15-10-21(34-23(15)19(26)11-17)24(32)28-27-12-16-13-30(20-4-2-1-3-18(16)20)14-22(31)29-5-7-33-8-6-29/h1-4,9-13H,5-8,14H2,(H,28,32)/b27-12-. The molecule has 34 heavy (non-hydrogen) atoms. The second-order valence-corrected chi connectivity index (χ2v) is 9.61. The number of furan rings is 1. The van der Waals surface area contributed by atoms with Gasteiger partial charge in [0.05, 0.1) is 23.9 Å². The van der Waals surface area contributed by atoms with Crippen LogP contribution in [0.25, 0.3) is 21.9 Å². The molecule has 2 aromatic heterocycles. The summed E-state index contributed by atoms with van der Waals surface area (Å²) in [4.78, 5) is 27.1. The molecule has 4 aromatic rings. The van der Waals surface area contributed by atoms with Gasteiger partial charge in [0, 0.05) is 45.6 Å². The minimum absolute atomic E-state index is 0.0449. The van der Waals surface area contributed by atoms with Crippen molar-refractivity contribution >= 4 is 71.8 Å². The Bertz CT molecular complexity index is 1420. The normalized spacial score (nSPS) is 14.4. The Morgan fingerprint density at radius 1 is 1.12 bits per heavy atom. The third kappa shape index (κ3) is 4.66. The summed E-state index contributed by atoms with van der Waals surface area (Å²) in [7, 11) is 0. The average Bonchev–Trinajstić information content (AvgIpc) is 3.42. The predicted octanol–water partition coefficient (Wildman–Crippen LogP) is 4.54. The summed E-state index contributed by atoms with van der Waals surface area (Å²) < 4.78 is 14.6. The van der Waals surface area contributed by atoms with Crippen LogP contribution in [-0.4, -0.2) is 53.8 Å². The Balaban J connectivity index is 1.33. The van der Waals surface area contributed by atoms with Gasteiger partial charge in [0.1, 0.15) is 12.1 Å². The number of carbonyl (C=O) groups is 2. The zero-order chi connectivity index (χ0) is 23.7. The monoisotopic (exact) mass is 586 g/mol. The molecule has 3 heterocycles. The SMILES string of the molecule is O=C(N/N=C\c1cn(CC(=O)N2CCOCC2)c2ccccc12)c1cc2cc(Br)cc(Br)c2o1. The van der Waals surface area contributed by atoms with E-state index in [1.807, 2.05) is 52.1 Å². The van der Waals surface area contributed by atoms with E-state index in [-0.39, 0.29) is 18.2 Å². The Morgan fingerprint density at radius 3 is 2.74 bits per heavy atom. The molecule has 0 radical (unpaired) electrons. The molecule has 0 spiro atoms. The van der Waals surface area contributed by atoms with Gasteiger partial charge in [0.2, 0.25) is 5.91 Å². The number of para-hydroxylation sites is 1. The predicted molar refractivity (Wildman–Crippen MR) is 136 cm³/mol. The van der Waals surface area contributed by atoms with Crippen molar-refractivity contribution in [3.8, 4) is 0 Å². The second-order valence-electron chi connectivity index (χ2n) is 7.84. The van der Waals surface area contributed by atoms with Gasteiger partial charge in [0.15, 0.2) is 5.76 Å². The zero-order valence-corrected chi connectivity index (χ0v) is 21.1. The topological polar surface area (TPSA) is 89.1 Å². The third-order valence-corrected chi connectivity index (χ3v) is 6.66. The number of halogens is 2. The molecule has 0 aliphatic carbocycles. The lowest BCUT2D eigenvalue weighted by Gasteiger charge is -2.27. The maximum absolute atomic E-state index is 12.7. The number of nitrogens with zero attached hydrogens (tertiary/aromatic N) is 3. The number of amides is 2. The molecule has 0 bridgehead atoms. The molecular formula is C24H20Br2N4O4. The van der Waals surface area contributed by atoms with Crippen molar-refractivity contribution in [1.82, 2.24) is 14.9 Å². The Kier molecular flexibility index (Phi) is 6.53. The molecule has 2 amide bonds. The summed E-state index contributed by atoms with van der Waals surface area (Å²) in [6, 6.07) is 13.2. The molecule has 0 unspecified atom stereocenters. The number of morpholine rings is 1. The van der Waals surface area contributed by atoms with Crippen LogP contribution in [0.1, 0.15) is 16.1 Å². The quantitative estimate of drug-likeness (QED) is 0.274. The van der Waals surface area contributed by atoms with Crippen molar-refractivity contribution in [2.75, 3.05) is 26.3 Å². The zero-order valence-electron chi connectivity index (χ0n) is 18.0. The molecule has 1 aliphatic rings. The molecule has 0 saturated carbocycles. The van der Waals surface area contributed by atoms with E-state index in [1.54, 1.807) is 12.3 Å². The van der Waals surface area contributed by atoms with Gasteiger partial charge in [-0.15, -0.1) is 0 Å². The summed E-state index contributed by atoms with van der Waals surface area (Å²) in [6.45, 7) is 2.57. The average molecular weight is 588 g/mol. The van der Waals surface area contributed by atoms with Gasteiger partial charge >= 0.3 is 5.91 Å². The number of rotatable bonds is 5. The van der Waals surface area contributed by atoms with Crippen LogP contribution in [0, 0.1) is 0 Å². The largest absolute Gasteiger partial charge is 0.450 e. The summed E-state index contributed by atoms with van der Waals surface area (Å²) in [5.41, 5.74) is 4.82. The molecule has 5 rings (SSSR count). The van der Waals surface area contributed by atoms with Crippen LogP contribution in [0.5, 0.6) is 0 Å². The number of fused-ring (bicyclic) bond motifs is 2. The maximum atomic E-state index is 12.7. The fourth-order valence-electron chi connectivity index (χ4n) is 3.97. The molecular weight excluding hydrogens is 568 g/mol. The van der Waals surface area contributed by atoms with Crippen molar-refractivity contribution in [2.24, 2.45) is 5.10 Å². The molecule has 10 heteroatoms. The number of nitrogens with one attached hydrogen (secondary N) is 1. The number of hydrazone groups is 1. The van der Waals surface area contributed by atoms with Gasteiger partial charge in [-0.25, -0.2) is 5.43 Å². The number of benzene rings is 2. The summed E-state index contributed by atoms with van der Waals surface area (Å²) in [5, 5.41) is 5.86. The molecule has 1 aliphatic heterocycles. The fourth-order valence-corrected chi connectivity index (χ4v) is 5.31. The van der Waals surface area contributed by atoms with Crippen LogP contribution in [-0.2, 0) is 16.1 Å². The first-order valence-corrected chi connectivity index (χ1v) is 12.2. The van der Waals surface area contributed by atoms with E-state index < -0.39 is 5.91 Å². The Morgan fingerprint density at radius 2 is 1.91 bits per heavy atom. The van der Waals surface area contributed by atoms with Gasteiger partial charge in [0.25, 0.3) is 0 Å². The number of hydrogen-bond acceptors (Lipinski definition) is 5. The van der Waals surface area contributed by atoms with E-state index in [4.69, 9.17) is 9.15 Å². The highest BCUT2D eigenvalue weighted by atomic mass is 79.9. The summed E-state index contributed by atoms with van der Waals surface area (Å²) in [5.74, 6) is -0.255. The molecule has 1 N–H and O–H groups in total. The Labute approximate surface area is 211 Å². The van der Waals surface area contributed by atoms with Crippen molar-refractivity contribution < 1.29 is 18.7 Å². The van der Waals surface area contributed by atoms with E-state index in [1.165, 1.54) is 0 Å². The summed E-state index contributed by atoms with van der Waals surface area (Å²) >= 11 is 6.87. The van der Waals surface area contributed by atoms with Crippen LogP contribution in [0.4, 0.5) is 0 Å². The van der Waals surface area contributed by atoms with Crippen LogP contribution in [0.15, 0.2) is 67.1 Å². The number of carbonyl (C=O) groups excluding carboxylic acids is 2. The van der Waals surface area contributed by atoms with Crippen LogP contribution in [0.3, 0.4) is 0 Å². The molecule has 0 atom stereocenters. The summed E-state index contributed by atoms with van der Waals surface area (Å²) in [6.07, 6.45) is 3.44. The molecule has 8 nitrogen and oxygen atoms in total. The first-order chi connectivity index (χ1) is 16.5. The van der Waals surface area contributed by atoms with E-state index in [0.717, 1.165) is 30.8 Å². The smallest absolute Gasteiger partial charge is 0.307 e. The number of hydrogen-bond donors (Lipinski definition) is 1. The first-order valence-electron chi connectivity index (χ1n) is 10.6. The highest BCUT2D eigenvalue weighted by Crippen LogP contribution is 2.31. The van der Waals surface area contributed by atoms with E-state index in [9.17, 15) is 9.59 Å². The van der Waals surface area contributed by atoms with Crippen molar-refractivity contribution in [1.29, 1.82) is 0 Å². The van der Waals surface area contributed by atoms with Crippen molar-refractivity contribution in [3.63, 3.8) is 0 Å². The lowest BCUT2D eigenvalue weighted by Crippen LogP contribution is -2.42. The number of ether oxygens (including phenoxy) is 1. The highest BCUT2D eigenvalue weighted by molar-refractivity contribution is 9.11.